The van der Waals surface area contributed by atoms with Crippen LogP contribution in [0.3, 0.4) is 0 Å². The van der Waals surface area contributed by atoms with Gasteiger partial charge in [0.25, 0.3) is 0 Å². The van der Waals surface area contributed by atoms with Crippen LogP contribution in [-0.2, 0) is 4.79 Å². The normalized spacial score (nSPS) is 17.2. The third-order valence-corrected chi connectivity index (χ3v) is 4.47. The molecule has 1 aromatic rings. The van der Waals surface area contributed by atoms with Crippen LogP contribution in [0.2, 0.25) is 0 Å². The van der Waals surface area contributed by atoms with Crippen molar-refractivity contribution in [1.29, 1.82) is 0 Å². The SMILES string of the molecule is C=CCNC(=NCC(=O)N(C)C)NC1CCCN(c2cccc(OC)c2)C1. The van der Waals surface area contributed by atoms with Crippen molar-refractivity contribution < 1.29 is 9.53 Å². The highest BCUT2D eigenvalue weighted by Gasteiger charge is 2.21. The summed E-state index contributed by atoms with van der Waals surface area (Å²) in [5, 5.41) is 6.66. The Labute approximate surface area is 162 Å². The van der Waals surface area contributed by atoms with Crippen molar-refractivity contribution in [2.75, 3.05) is 52.3 Å². The van der Waals surface area contributed by atoms with Gasteiger partial charge < -0.3 is 25.2 Å². The predicted molar refractivity (Wildman–Crippen MR) is 111 cm³/mol. The molecule has 0 radical (unpaired) electrons. The summed E-state index contributed by atoms with van der Waals surface area (Å²) in [6.45, 7) is 6.31. The molecule has 7 heteroatoms. The highest BCUT2D eigenvalue weighted by Crippen LogP contribution is 2.24. The lowest BCUT2D eigenvalue weighted by Crippen LogP contribution is -2.51. The van der Waals surface area contributed by atoms with Crippen molar-refractivity contribution in [2.45, 2.75) is 18.9 Å². The zero-order valence-corrected chi connectivity index (χ0v) is 16.6. The van der Waals surface area contributed by atoms with Crippen LogP contribution in [-0.4, -0.2) is 70.2 Å². The summed E-state index contributed by atoms with van der Waals surface area (Å²) in [6.07, 6.45) is 3.91. The Bertz CT molecular complexity index is 660. The van der Waals surface area contributed by atoms with E-state index in [9.17, 15) is 4.79 Å². The minimum absolute atomic E-state index is 0.0312. The molecule has 148 valence electrons. The van der Waals surface area contributed by atoms with Gasteiger partial charge in [-0.2, -0.15) is 0 Å². The summed E-state index contributed by atoms with van der Waals surface area (Å²) in [5.74, 6) is 1.47. The Morgan fingerprint density at radius 3 is 3.00 bits per heavy atom. The van der Waals surface area contributed by atoms with Crippen LogP contribution in [0.5, 0.6) is 5.75 Å². The summed E-state index contributed by atoms with van der Waals surface area (Å²) in [7, 11) is 5.15. The van der Waals surface area contributed by atoms with Crippen LogP contribution in [0.1, 0.15) is 12.8 Å². The number of carbonyl (C=O) groups excluding carboxylic acids is 1. The second-order valence-electron chi connectivity index (χ2n) is 6.75. The number of benzene rings is 1. The van der Waals surface area contributed by atoms with Gasteiger partial charge in [-0.25, -0.2) is 4.99 Å². The molecule has 0 bridgehead atoms. The zero-order chi connectivity index (χ0) is 19.6. The molecule has 1 atom stereocenters. The van der Waals surface area contributed by atoms with Gasteiger partial charge in [0.2, 0.25) is 5.91 Å². The Morgan fingerprint density at radius 1 is 1.48 bits per heavy atom. The summed E-state index contributed by atoms with van der Waals surface area (Å²) in [5.41, 5.74) is 1.15. The Morgan fingerprint density at radius 2 is 2.30 bits per heavy atom. The van der Waals surface area contributed by atoms with Crippen molar-refractivity contribution in [3.63, 3.8) is 0 Å². The van der Waals surface area contributed by atoms with E-state index in [0.29, 0.717) is 12.5 Å². The van der Waals surface area contributed by atoms with Gasteiger partial charge >= 0.3 is 0 Å². The van der Waals surface area contributed by atoms with Crippen LogP contribution in [0, 0.1) is 0 Å². The number of rotatable bonds is 7. The number of nitrogens with one attached hydrogen (secondary N) is 2. The molecule has 7 nitrogen and oxygen atoms in total. The highest BCUT2D eigenvalue weighted by atomic mass is 16.5. The lowest BCUT2D eigenvalue weighted by molar-refractivity contribution is -0.127. The second kappa shape index (κ2) is 10.4. The number of aliphatic imine (C=N–C) groups is 1. The molecule has 27 heavy (non-hydrogen) atoms. The first kappa shape index (κ1) is 20.6. The minimum atomic E-state index is -0.0312. The molecule has 1 amide bonds. The van der Waals surface area contributed by atoms with Gasteiger partial charge in [0, 0.05) is 51.5 Å². The molecule has 2 N–H and O–H groups in total. The summed E-state index contributed by atoms with van der Waals surface area (Å²) in [4.78, 5) is 20.1. The molecule has 1 aliphatic rings. The molecule has 1 unspecified atom stereocenters. The topological polar surface area (TPSA) is 69.2 Å². The number of hydrogen-bond donors (Lipinski definition) is 2. The first-order chi connectivity index (χ1) is 13.0. The van der Waals surface area contributed by atoms with Crippen LogP contribution in [0.4, 0.5) is 5.69 Å². The molecule has 1 aliphatic heterocycles. The van der Waals surface area contributed by atoms with E-state index < -0.39 is 0 Å². The first-order valence-corrected chi connectivity index (χ1v) is 9.28. The van der Waals surface area contributed by atoms with Crippen LogP contribution >= 0.6 is 0 Å². The number of likely N-dealkylation sites (N-methyl/N-ethyl adjacent to an activating group) is 1. The van der Waals surface area contributed by atoms with Crippen LogP contribution in [0.25, 0.3) is 0 Å². The van der Waals surface area contributed by atoms with E-state index in [1.54, 1.807) is 32.2 Å². The van der Waals surface area contributed by atoms with Gasteiger partial charge in [-0.15, -0.1) is 6.58 Å². The van der Waals surface area contributed by atoms with Crippen LogP contribution < -0.4 is 20.3 Å². The number of carbonyl (C=O) groups is 1. The summed E-state index contributed by atoms with van der Waals surface area (Å²) >= 11 is 0. The van der Waals surface area contributed by atoms with Gasteiger partial charge in [-0.3, -0.25) is 4.79 Å². The Balaban J connectivity index is 2.02. The minimum Gasteiger partial charge on any atom is -0.497 e. The van der Waals surface area contributed by atoms with E-state index in [1.165, 1.54) is 0 Å². The van der Waals surface area contributed by atoms with E-state index in [2.05, 4.69) is 39.2 Å². The van der Waals surface area contributed by atoms with Gasteiger partial charge in [0.15, 0.2) is 5.96 Å². The molecule has 1 fully saturated rings. The third-order valence-electron chi connectivity index (χ3n) is 4.47. The number of anilines is 1. The number of guanidine groups is 1. The Hall–Kier alpha value is -2.70. The molecule has 0 aromatic heterocycles. The number of piperidine rings is 1. The smallest absolute Gasteiger partial charge is 0.243 e. The fraction of sp³-hybridized carbons (Fsp3) is 0.500. The van der Waals surface area contributed by atoms with Crippen molar-refractivity contribution >= 4 is 17.6 Å². The average Bonchev–Trinajstić information content (AvgIpc) is 2.69. The fourth-order valence-corrected chi connectivity index (χ4v) is 2.94. The Kier molecular flexibility index (Phi) is 7.98. The largest absolute Gasteiger partial charge is 0.497 e. The van der Waals surface area contributed by atoms with Gasteiger partial charge in [0.1, 0.15) is 12.3 Å². The van der Waals surface area contributed by atoms with E-state index in [-0.39, 0.29) is 18.5 Å². The van der Waals surface area contributed by atoms with E-state index in [0.717, 1.165) is 37.4 Å². The molecule has 2 rings (SSSR count). The molecule has 1 heterocycles. The molecule has 0 saturated carbocycles. The average molecular weight is 374 g/mol. The maximum atomic E-state index is 11.8. The molecule has 0 spiro atoms. The molecular formula is C20H31N5O2. The maximum absolute atomic E-state index is 11.8. The standard InChI is InChI=1S/C20H31N5O2/c1-5-11-21-20(22-14-19(26)24(2)3)23-16-8-7-12-25(15-16)17-9-6-10-18(13-17)27-4/h5-6,9-10,13,16H,1,7-8,11-12,14-15H2,2-4H3,(H2,21,22,23). The van der Waals surface area contributed by atoms with Crippen molar-refractivity contribution in [3.8, 4) is 5.75 Å². The summed E-state index contributed by atoms with van der Waals surface area (Å²) in [6, 6.07) is 8.37. The number of ether oxygens (including phenoxy) is 1. The number of methoxy groups -OCH3 is 1. The molecule has 0 aliphatic carbocycles. The zero-order valence-electron chi connectivity index (χ0n) is 16.6. The van der Waals surface area contributed by atoms with Gasteiger partial charge in [-0.05, 0) is 25.0 Å². The lowest BCUT2D eigenvalue weighted by atomic mass is 10.0. The molecular weight excluding hydrogens is 342 g/mol. The monoisotopic (exact) mass is 373 g/mol. The van der Waals surface area contributed by atoms with E-state index >= 15 is 0 Å². The van der Waals surface area contributed by atoms with Crippen molar-refractivity contribution in [3.05, 3.63) is 36.9 Å². The van der Waals surface area contributed by atoms with Gasteiger partial charge in [-0.1, -0.05) is 12.1 Å². The van der Waals surface area contributed by atoms with Gasteiger partial charge in [0.05, 0.1) is 7.11 Å². The molecule has 1 aromatic carbocycles. The summed E-state index contributed by atoms with van der Waals surface area (Å²) < 4.78 is 5.34. The number of hydrogen-bond acceptors (Lipinski definition) is 4. The number of nitrogens with zero attached hydrogens (tertiary/aromatic N) is 3. The predicted octanol–water partition coefficient (Wildman–Crippen LogP) is 1.47. The lowest BCUT2D eigenvalue weighted by Gasteiger charge is -2.35. The van der Waals surface area contributed by atoms with E-state index in [1.807, 2.05) is 12.1 Å². The third kappa shape index (κ3) is 6.51. The van der Waals surface area contributed by atoms with E-state index in [4.69, 9.17) is 4.74 Å². The fourth-order valence-electron chi connectivity index (χ4n) is 2.94. The molecule has 1 saturated heterocycles. The quantitative estimate of drug-likeness (QED) is 0.430. The maximum Gasteiger partial charge on any atom is 0.243 e. The highest BCUT2D eigenvalue weighted by molar-refractivity contribution is 5.85. The van der Waals surface area contributed by atoms with Crippen molar-refractivity contribution in [2.24, 2.45) is 4.99 Å². The number of amides is 1. The van der Waals surface area contributed by atoms with Crippen molar-refractivity contribution in [1.82, 2.24) is 15.5 Å². The second-order valence-corrected chi connectivity index (χ2v) is 6.75. The van der Waals surface area contributed by atoms with Crippen LogP contribution in [0.15, 0.2) is 41.9 Å². The first-order valence-electron chi connectivity index (χ1n) is 9.28.